The quantitative estimate of drug-likeness (QED) is 0.407. The van der Waals surface area contributed by atoms with E-state index < -0.39 is 17.4 Å². The van der Waals surface area contributed by atoms with Gasteiger partial charge < -0.3 is 15.6 Å². The zero-order valence-electron chi connectivity index (χ0n) is 17.0. The molecule has 2 amide bonds. The Morgan fingerprint density at radius 3 is 2.74 bits per heavy atom. The summed E-state index contributed by atoms with van der Waals surface area (Å²) in [5, 5.41) is 5.86. The number of carbonyl (C=O) groups is 2. The smallest absolute Gasteiger partial charge is 0.257 e. The van der Waals surface area contributed by atoms with Gasteiger partial charge in [-0.2, -0.15) is 0 Å². The Morgan fingerprint density at radius 1 is 1.16 bits per heavy atom. The minimum Gasteiger partial charge on any atom is -0.326 e. The predicted octanol–water partition coefficient (Wildman–Crippen LogP) is 3.48. The van der Waals surface area contributed by atoms with Gasteiger partial charge in [-0.3, -0.25) is 14.4 Å². The first kappa shape index (κ1) is 20.9. The third-order valence-corrected chi connectivity index (χ3v) is 5.88. The lowest BCUT2D eigenvalue weighted by Crippen LogP contribution is -2.36. The molecule has 1 atom stereocenters. The fourth-order valence-electron chi connectivity index (χ4n) is 3.51. The summed E-state index contributed by atoms with van der Waals surface area (Å²) in [5.74, 6) is -0.763. The standard InChI is InChI=1S/C23H22N4O3S/c1-14-6-5-9-16(12-14)24-21(29)17-13-18(28)25-20-19(17)22(30)27-23(26-20)31-11-10-15-7-3-2-4-8-15/h2-9,12,17H,10-11,13H2,1H3,(H,24,29)(H2,25,26,27,28,30)/t17-/m1/s1. The number of hydrogen-bond acceptors (Lipinski definition) is 5. The monoisotopic (exact) mass is 434 g/mol. The van der Waals surface area contributed by atoms with Crippen LogP contribution in [-0.4, -0.2) is 27.5 Å². The van der Waals surface area contributed by atoms with Crippen molar-refractivity contribution in [1.29, 1.82) is 0 Å². The van der Waals surface area contributed by atoms with Gasteiger partial charge in [0.05, 0.1) is 11.5 Å². The zero-order valence-corrected chi connectivity index (χ0v) is 17.8. The normalized spacial score (nSPS) is 15.1. The van der Waals surface area contributed by atoms with Crippen LogP contribution in [0, 0.1) is 6.92 Å². The van der Waals surface area contributed by atoms with E-state index in [1.165, 1.54) is 17.3 Å². The topological polar surface area (TPSA) is 104 Å². The van der Waals surface area contributed by atoms with Crippen LogP contribution in [0.25, 0.3) is 0 Å². The number of rotatable bonds is 6. The van der Waals surface area contributed by atoms with Crippen LogP contribution in [0.4, 0.5) is 11.5 Å². The second-order valence-electron chi connectivity index (χ2n) is 7.38. The largest absolute Gasteiger partial charge is 0.326 e. The van der Waals surface area contributed by atoms with Crippen molar-refractivity contribution in [3.05, 3.63) is 81.6 Å². The Kier molecular flexibility index (Phi) is 6.18. The number of nitrogens with zero attached hydrogens (tertiary/aromatic N) is 1. The average Bonchev–Trinajstić information content (AvgIpc) is 2.73. The van der Waals surface area contributed by atoms with E-state index in [0.29, 0.717) is 10.8 Å². The molecule has 1 aliphatic rings. The number of H-pyrrole nitrogens is 1. The molecule has 0 fully saturated rings. The number of thioether (sulfide) groups is 1. The van der Waals surface area contributed by atoms with Gasteiger partial charge in [-0.15, -0.1) is 0 Å². The molecule has 0 saturated carbocycles. The lowest BCUT2D eigenvalue weighted by Gasteiger charge is -2.23. The van der Waals surface area contributed by atoms with Gasteiger partial charge in [-0.25, -0.2) is 4.98 Å². The van der Waals surface area contributed by atoms with Gasteiger partial charge in [0.25, 0.3) is 5.56 Å². The first-order valence-corrected chi connectivity index (χ1v) is 11.0. The third kappa shape index (κ3) is 5.03. The van der Waals surface area contributed by atoms with Gasteiger partial charge in [0.1, 0.15) is 5.82 Å². The molecule has 4 rings (SSSR count). The SMILES string of the molecule is Cc1cccc(NC(=O)[C@@H]2CC(=O)Nc3nc(SCCc4ccccc4)[nH]c(=O)c32)c1. The van der Waals surface area contributed by atoms with E-state index in [-0.39, 0.29) is 23.7 Å². The number of hydrogen-bond donors (Lipinski definition) is 3. The number of benzene rings is 2. The number of carbonyl (C=O) groups excluding carboxylic acids is 2. The maximum atomic E-state index is 12.9. The van der Waals surface area contributed by atoms with E-state index in [1.807, 2.05) is 55.5 Å². The molecule has 0 aliphatic carbocycles. The molecular weight excluding hydrogens is 412 g/mol. The summed E-state index contributed by atoms with van der Waals surface area (Å²) in [5.41, 5.74) is 2.59. The maximum absolute atomic E-state index is 12.9. The highest BCUT2D eigenvalue weighted by Crippen LogP contribution is 2.30. The molecule has 31 heavy (non-hydrogen) atoms. The summed E-state index contributed by atoms with van der Waals surface area (Å²) in [4.78, 5) is 45.1. The molecule has 2 aromatic carbocycles. The maximum Gasteiger partial charge on any atom is 0.257 e. The number of aromatic amines is 1. The van der Waals surface area contributed by atoms with Crippen LogP contribution in [0.15, 0.2) is 64.5 Å². The second-order valence-corrected chi connectivity index (χ2v) is 8.46. The minimum atomic E-state index is -0.899. The van der Waals surface area contributed by atoms with Gasteiger partial charge in [0.15, 0.2) is 5.16 Å². The van der Waals surface area contributed by atoms with E-state index in [2.05, 4.69) is 20.6 Å². The Bertz CT molecular complexity index is 1180. The number of anilines is 2. The summed E-state index contributed by atoms with van der Waals surface area (Å²) in [6, 6.07) is 17.4. The summed E-state index contributed by atoms with van der Waals surface area (Å²) >= 11 is 1.40. The van der Waals surface area contributed by atoms with Crippen molar-refractivity contribution in [2.45, 2.75) is 30.8 Å². The van der Waals surface area contributed by atoms with Crippen molar-refractivity contribution < 1.29 is 9.59 Å². The van der Waals surface area contributed by atoms with E-state index >= 15 is 0 Å². The number of nitrogens with one attached hydrogen (secondary N) is 3. The molecular formula is C23H22N4O3S. The average molecular weight is 435 g/mol. The van der Waals surface area contributed by atoms with Crippen molar-refractivity contribution >= 4 is 35.1 Å². The van der Waals surface area contributed by atoms with Crippen LogP contribution in [0.2, 0.25) is 0 Å². The first-order valence-electron chi connectivity index (χ1n) is 9.98. The zero-order chi connectivity index (χ0) is 21.8. The van der Waals surface area contributed by atoms with Gasteiger partial charge in [0, 0.05) is 17.9 Å². The van der Waals surface area contributed by atoms with Crippen molar-refractivity contribution in [2.75, 3.05) is 16.4 Å². The second kappa shape index (κ2) is 9.18. The molecule has 7 nitrogen and oxygen atoms in total. The Labute approximate surface area is 183 Å². The van der Waals surface area contributed by atoms with Crippen molar-refractivity contribution in [1.82, 2.24) is 9.97 Å². The minimum absolute atomic E-state index is 0.101. The highest BCUT2D eigenvalue weighted by molar-refractivity contribution is 7.99. The van der Waals surface area contributed by atoms with E-state index in [4.69, 9.17) is 0 Å². The van der Waals surface area contributed by atoms with E-state index in [9.17, 15) is 14.4 Å². The van der Waals surface area contributed by atoms with Crippen LogP contribution in [-0.2, 0) is 16.0 Å². The van der Waals surface area contributed by atoms with Gasteiger partial charge >= 0.3 is 0 Å². The summed E-state index contributed by atoms with van der Waals surface area (Å²) < 4.78 is 0. The third-order valence-electron chi connectivity index (χ3n) is 5.00. The molecule has 8 heteroatoms. The van der Waals surface area contributed by atoms with Crippen LogP contribution in [0.3, 0.4) is 0 Å². The molecule has 0 unspecified atom stereocenters. The molecule has 3 aromatic rings. The van der Waals surface area contributed by atoms with Crippen LogP contribution >= 0.6 is 11.8 Å². The molecule has 1 aromatic heterocycles. The summed E-state index contributed by atoms with van der Waals surface area (Å²) in [6.45, 7) is 1.92. The fraction of sp³-hybridized carbons (Fsp3) is 0.217. The van der Waals surface area contributed by atoms with Crippen LogP contribution in [0.5, 0.6) is 0 Å². The molecule has 0 saturated heterocycles. The molecule has 0 radical (unpaired) electrons. The lowest BCUT2D eigenvalue weighted by atomic mass is 9.92. The molecule has 2 heterocycles. The lowest BCUT2D eigenvalue weighted by molar-refractivity contribution is -0.123. The fourth-order valence-corrected chi connectivity index (χ4v) is 4.36. The number of fused-ring (bicyclic) bond motifs is 1. The summed E-state index contributed by atoms with van der Waals surface area (Å²) in [6.07, 6.45) is 0.718. The Hall–Kier alpha value is -3.39. The van der Waals surface area contributed by atoms with Crippen LogP contribution < -0.4 is 16.2 Å². The molecule has 1 aliphatic heterocycles. The van der Waals surface area contributed by atoms with Crippen molar-refractivity contribution in [3.63, 3.8) is 0 Å². The molecule has 0 spiro atoms. The predicted molar refractivity (Wildman–Crippen MR) is 122 cm³/mol. The Morgan fingerprint density at radius 2 is 1.97 bits per heavy atom. The highest BCUT2D eigenvalue weighted by atomic mass is 32.2. The molecule has 0 bridgehead atoms. The van der Waals surface area contributed by atoms with E-state index in [0.717, 1.165) is 17.7 Å². The molecule has 3 N–H and O–H groups in total. The number of aryl methyl sites for hydroxylation is 2. The number of amides is 2. The van der Waals surface area contributed by atoms with Crippen LogP contribution in [0.1, 0.15) is 29.0 Å². The van der Waals surface area contributed by atoms with E-state index in [1.54, 1.807) is 6.07 Å². The van der Waals surface area contributed by atoms with Crippen molar-refractivity contribution in [3.8, 4) is 0 Å². The first-order chi connectivity index (χ1) is 15.0. The summed E-state index contributed by atoms with van der Waals surface area (Å²) in [7, 11) is 0. The van der Waals surface area contributed by atoms with Gasteiger partial charge in [-0.1, -0.05) is 54.2 Å². The Balaban J connectivity index is 1.52. The van der Waals surface area contributed by atoms with Gasteiger partial charge in [0.2, 0.25) is 11.8 Å². The molecule has 158 valence electrons. The number of aromatic nitrogens is 2. The van der Waals surface area contributed by atoms with Crippen molar-refractivity contribution in [2.24, 2.45) is 0 Å². The van der Waals surface area contributed by atoms with Gasteiger partial charge in [-0.05, 0) is 36.6 Å². The highest BCUT2D eigenvalue weighted by Gasteiger charge is 2.34.